The van der Waals surface area contributed by atoms with E-state index in [9.17, 15) is 4.79 Å². The Kier molecular flexibility index (Phi) is 8.51. The minimum atomic E-state index is -0.416. The van der Waals surface area contributed by atoms with Gasteiger partial charge in [0.2, 0.25) is 0 Å². The van der Waals surface area contributed by atoms with Crippen LogP contribution in [-0.2, 0) is 16.0 Å². The first-order valence-electron chi connectivity index (χ1n) is 7.83. The lowest BCUT2D eigenvalue weighted by molar-refractivity contribution is -0.146. The number of aryl methyl sites for hydroxylation is 1. The highest BCUT2D eigenvalue weighted by atomic mass is 16.5. The van der Waals surface area contributed by atoms with Gasteiger partial charge in [0.15, 0.2) is 0 Å². The lowest BCUT2D eigenvalue weighted by atomic mass is 10.1. The maximum absolute atomic E-state index is 11.8. The molecule has 0 aliphatic rings. The fourth-order valence-electron chi connectivity index (χ4n) is 1.99. The van der Waals surface area contributed by atoms with Crippen molar-refractivity contribution >= 4 is 5.97 Å². The lowest BCUT2D eigenvalue weighted by Crippen LogP contribution is -2.43. The van der Waals surface area contributed by atoms with Gasteiger partial charge in [0.1, 0.15) is 18.4 Å². The molecule has 0 saturated heterocycles. The third-order valence-electron chi connectivity index (χ3n) is 3.09. The molecular weight excluding hydrogens is 266 g/mol. The summed E-state index contributed by atoms with van der Waals surface area (Å²) in [5.74, 6) is 0.524. The lowest BCUT2D eigenvalue weighted by Gasteiger charge is -2.17. The average Bonchev–Trinajstić information content (AvgIpc) is 2.49. The molecule has 1 N–H and O–H groups in total. The van der Waals surface area contributed by atoms with Crippen molar-refractivity contribution in [1.82, 2.24) is 5.32 Å². The highest BCUT2D eigenvalue weighted by Crippen LogP contribution is 2.13. The second kappa shape index (κ2) is 10.2. The zero-order valence-corrected chi connectivity index (χ0v) is 13.4. The Hall–Kier alpha value is -1.55. The molecule has 0 radical (unpaired) electrons. The third kappa shape index (κ3) is 6.63. The Labute approximate surface area is 127 Å². The van der Waals surface area contributed by atoms with Gasteiger partial charge in [-0.1, -0.05) is 32.4 Å². The van der Waals surface area contributed by atoms with Gasteiger partial charge in [-0.05, 0) is 44.0 Å². The van der Waals surface area contributed by atoms with E-state index in [0.29, 0.717) is 6.61 Å². The number of ether oxygens (including phenoxy) is 2. The first-order chi connectivity index (χ1) is 10.2. The van der Waals surface area contributed by atoms with E-state index >= 15 is 0 Å². The van der Waals surface area contributed by atoms with E-state index in [0.717, 1.165) is 31.6 Å². The topological polar surface area (TPSA) is 47.6 Å². The second-order valence-electron chi connectivity index (χ2n) is 4.96. The molecule has 0 fully saturated rings. The van der Waals surface area contributed by atoms with E-state index in [-0.39, 0.29) is 12.6 Å². The quantitative estimate of drug-likeness (QED) is 0.674. The molecule has 0 amide bonds. The summed E-state index contributed by atoms with van der Waals surface area (Å²) in [6.45, 7) is 7.46. The van der Waals surface area contributed by atoms with Crippen LogP contribution < -0.4 is 10.1 Å². The Bertz CT molecular complexity index is 403. The van der Waals surface area contributed by atoms with Crippen LogP contribution in [-0.4, -0.2) is 31.8 Å². The van der Waals surface area contributed by atoms with Crippen LogP contribution in [0.2, 0.25) is 0 Å². The normalized spacial score (nSPS) is 12.0. The molecule has 1 unspecified atom stereocenters. The molecule has 0 aliphatic carbocycles. The van der Waals surface area contributed by atoms with Gasteiger partial charge in [-0.25, -0.2) is 0 Å². The molecule has 0 heterocycles. The molecular formula is C17H27NO3. The predicted molar refractivity (Wildman–Crippen MR) is 84.6 cm³/mol. The molecule has 0 saturated carbocycles. The summed E-state index contributed by atoms with van der Waals surface area (Å²) in [5.41, 5.74) is 1.30. The molecule has 1 aromatic carbocycles. The minimum Gasteiger partial charge on any atom is -0.491 e. The largest absolute Gasteiger partial charge is 0.491 e. The van der Waals surface area contributed by atoms with Gasteiger partial charge in [0, 0.05) is 0 Å². The first-order valence-corrected chi connectivity index (χ1v) is 7.83. The molecule has 0 aliphatic heterocycles. The Morgan fingerprint density at radius 1 is 1.14 bits per heavy atom. The zero-order valence-electron chi connectivity index (χ0n) is 13.4. The van der Waals surface area contributed by atoms with Gasteiger partial charge >= 0.3 is 5.97 Å². The van der Waals surface area contributed by atoms with Gasteiger partial charge in [-0.15, -0.1) is 0 Å². The molecule has 4 heteroatoms. The second-order valence-corrected chi connectivity index (χ2v) is 4.96. The van der Waals surface area contributed by atoms with Crippen molar-refractivity contribution in [2.75, 3.05) is 19.8 Å². The molecule has 0 spiro atoms. The first kappa shape index (κ1) is 17.5. The van der Waals surface area contributed by atoms with Crippen LogP contribution in [0.25, 0.3) is 0 Å². The summed E-state index contributed by atoms with van der Waals surface area (Å²) in [6.07, 6.45) is 3.16. The number of hydrogen-bond donors (Lipinski definition) is 1. The fraction of sp³-hybridized carbons (Fsp3) is 0.588. The van der Waals surface area contributed by atoms with Crippen LogP contribution >= 0.6 is 0 Å². The molecule has 0 aromatic heterocycles. The number of benzene rings is 1. The molecule has 1 aromatic rings. The van der Waals surface area contributed by atoms with E-state index in [1.54, 1.807) is 0 Å². The van der Waals surface area contributed by atoms with E-state index in [1.165, 1.54) is 5.56 Å². The fourth-order valence-corrected chi connectivity index (χ4v) is 1.99. The van der Waals surface area contributed by atoms with Crippen LogP contribution in [0.5, 0.6) is 5.75 Å². The van der Waals surface area contributed by atoms with Gasteiger partial charge in [0.25, 0.3) is 0 Å². The van der Waals surface area contributed by atoms with Crippen molar-refractivity contribution in [1.29, 1.82) is 0 Å². The van der Waals surface area contributed by atoms with E-state index in [4.69, 9.17) is 9.47 Å². The van der Waals surface area contributed by atoms with Gasteiger partial charge in [0.05, 0.1) is 6.61 Å². The number of rotatable bonds is 10. The average molecular weight is 293 g/mol. The van der Waals surface area contributed by atoms with Crippen molar-refractivity contribution < 1.29 is 14.3 Å². The van der Waals surface area contributed by atoms with Crippen LogP contribution in [0.15, 0.2) is 24.3 Å². The molecule has 4 nitrogen and oxygen atoms in total. The number of carbonyl (C=O) groups excluding carboxylic acids is 1. The van der Waals surface area contributed by atoms with Crippen molar-refractivity contribution in [2.45, 2.75) is 46.1 Å². The van der Waals surface area contributed by atoms with Crippen LogP contribution in [0.1, 0.15) is 39.2 Å². The molecule has 118 valence electrons. The summed E-state index contributed by atoms with van der Waals surface area (Å²) in [4.78, 5) is 11.8. The third-order valence-corrected chi connectivity index (χ3v) is 3.09. The summed E-state index contributed by atoms with van der Waals surface area (Å²) in [6, 6.07) is 7.62. The van der Waals surface area contributed by atoms with E-state index in [1.807, 2.05) is 19.1 Å². The maximum Gasteiger partial charge on any atom is 0.326 e. The van der Waals surface area contributed by atoms with Crippen molar-refractivity contribution in [3.63, 3.8) is 0 Å². The van der Waals surface area contributed by atoms with Crippen molar-refractivity contribution in [2.24, 2.45) is 0 Å². The van der Waals surface area contributed by atoms with Crippen LogP contribution in [0.3, 0.4) is 0 Å². The smallest absolute Gasteiger partial charge is 0.326 e. The molecule has 1 atom stereocenters. The van der Waals surface area contributed by atoms with Gasteiger partial charge in [-0.2, -0.15) is 0 Å². The minimum absolute atomic E-state index is 0.256. The Morgan fingerprint density at radius 2 is 1.86 bits per heavy atom. The number of esters is 1. The number of hydrogen-bond acceptors (Lipinski definition) is 4. The highest BCUT2D eigenvalue weighted by Gasteiger charge is 2.19. The van der Waals surface area contributed by atoms with E-state index < -0.39 is 6.04 Å². The Balaban J connectivity index is 2.52. The molecule has 1 rings (SSSR count). The Morgan fingerprint density at radius 3 is 2.43 bits per heavy atom. The number of nitrogens with one attached hydrogen (secondary N) is 1. The summed E-state index contributed by atoms with van der Waals surface area (Å²) < 4.78 is 10.8. The van der Waals surface area contributed by atoms with Gasteiger partial charge in [-0.3, -0.25) is 4.79 Å². The summed E-state index contributed by atoms with van der Waals surface area (Å²) in [7, 11) is 0. The van der Waals surface area contributed by atoms with Crippen LogP contribution in [0.4, 0.5) is 0 Å². The highest BCUT2D eigenvalue weighted by molar-refractivity contribution is 5.76. The molecule has 0 bridgehead atoms. The SMILES string of the molecule is CCCNC(COc1ccc(CCC)cc1)C(=O)OCC. The number of carbonyl (C=O) groups is 1. The standard InChI is InChI=1S/C17H27NO3/c1-4-7-14-8-10-15(11-9-14)21-13-16(18-12-5-2)17(19)20-6-3/h8-11,16,18H,4-7,12-13H2,1-3H3. The van der Waals surface area contributed by atoms with Gasteiger partial charge < -0.3 is 14.8 Å². The molecule has 21 heavy (non-hydrogen) atoms. The summed E-state index contributed by atoms with van der Waals surface area (Å²) >= 11 is 0. The van der Waals surface area contributed by atoms with Crippen molar-refractivity contribution in [3.05, 3.63) is 29.8 Å². The predicted octanol–water partition coefficient (Wildman–Crippen LogP) is 2.95. The van der Waals surface area contributed by atoms with Crippen LogP contribution in [0, 0.1) is 0 Å². The zero-order chi connectivity index (χ0) is 15.5. The maximum atomic E-state index is 11.8. The summed E-state index contributed by atoms with van der Waals surface area (Å²) in [5, 5.41) is 3.16. The van der Waals surface area contributed by atoms with Crippen molar-refractivity contribution in [3.8, 4) is 5.75 Å². The monoisotopic (exact) mass is 293 g/mol. The van der Waals surface area contributed by atoms with E-state index in [2.05, 4.69) is 31.3 Å².